The molecule has 198 valence electrons. The third-order valence-electron chi connectivity index (χ3n) is 6.76. The van der Waals surface area contributed by atoms with Gasteiger partial charge in [0.2, 0.25) is 12.0 Å². The van der Waals surface area contributed by atoms with Gasteiger partial charge in [-0.15, -0.1) is 0 Å². The fraction of sp³-hybridized carbons (Fsp3) is 0.200. The van der Waals surface area contributed by atoms with Crippen molar-refractivity contribution in [2.75, 3.05) is 11.4 Å². The summed E-state index contributed by atoms with van der Waals surface area (Å²) in [5, 5.41) is 14.5. The normalized spacial score (nSPS) is 17.7. The minimum Gasteiger partial charge on any atom is -0.478 e. The highest BCUT2D eigenvalue weighted by atomic mass is 35.5. The van der Waals surface area contributed by atoms with Crippen LogP contribution in [0.5, 0.6) is 6.01 Å². The largest absolute Gasteiger partial charge is 0.478 e. The van der Waals surface area contributed by atoms with Crippen LogP contribution in [0.25, 0.3) is 0 Å². The van der Waals surface area contributed by atoms with Crippen LogP contribution in [-0.2, 0) is 21.7 Å². The quantitative estimate of drug-likeness (QED) is 0.350. The molecule has 2 atom stereocenters. The van der Waals surface area contributed by atoms with Crippen LogP contribution in [0.1, 0.15) is 28.1 Å². The second kappa shape index (κ2) is 10.8. The van der Waals surface area contributed by atoms with E-state index in [1.807, 2.05) is 66.7 Å². The number of aromatic nitrogens is 2. The molecule has 1 aromatic heterocycles. The number of carbonyl (C=O) groups excluding carboxylic acids is 1. The van der Waals surface area contributed by atoms with E-state index in [4.69, 9.17) is 16.3 Å². The van der Waals surface area contributed by atoms with Gasteiger partial charge in [-0.1, -0.05) is 78.3 Å². The fourth-order valence-corrected chi connectivity index (χ4v) is 5.27. The number of carboxylic acid groups (broad SMARTS) is 1. The molecule has 1 aliphatic heterocycles. The van der Waals surface area contributed by atoms with Gasteiger partial charge in [-0.05, 0) is 43.2 Å². The Labute approximate surface area is 231 Å². The molecule has 39 heavy (non-hydrogen) atoms. The van der Waals surface area contributed by atoms with Gasteiger partial charge in [0.15, 0.2) is 0 Å². The molecule has 0 aliphatic carbocycles. The van der Waals surface area contributed by atoms with Gasteiger partial charge in [-0.2, -0.15) is 0 Å². The molecule has 2 N–H and O–H groups in total. The van der Waals surface area contributed by atoms with Crippen molar-refractivity contribution < 1.29 is 19.4 Å². The minimum atomic E-state index is -1.53. The summed E-state index contributed by atoms with van der Waals surface area (Å²) in [6.07, 6.45) is -1.53. The van der Waals surface area contributed by atoms with E-state index in [1.165, 1.54) is 0 Å². The van der Waals surface area contributed by atoms with Gasteiger partial charge < -0.3 is 14.7 Å². The van der Waals surface area contributed by atoms with E-state index in [0.717, 1.165) is 5.56 Å². The maximum Gasteiger partial charge on any atom is 0.347 e. The van der Waals surface area contributed by atoms with Crippen molar-refractivity contribution >= 4 is 29.2 Å². The van der Waals surface area contributed by atoms with Crippen LogP contribution < -0.4 is 15.0 Å². The molecule has 0 saturated carbocycles. The van der Waals surface area contributed by atoms with Crippen molar-refractivity contribution in [1.29, 1.82) is 0 Å². The highest BCUT2D eigenvalue weighted by molar-refractivity contribution is 6.31. The molecule has 0 spiro atoms. The summed E-state index contributed by atoms with van der Waals surface area (Å²) < 4.78 is 6.12. The highest BCUT2D eigenvalue weighted by Crippen LogP contribution is 2.42. The van der Waals surface area contributed by atoms with Crippen molar-refractivity contribution in [2.24, 2.45) is 0 Å². The number of para-hydroxylation sites is 1. The van der Waals surface area contributed by atoms with Gasteiger partial charge >= 0.3 is 12.0 Å². The van der Waals surface area contributed by atoms with Gasteiger partial charge in [-0.25, -0.2) is 14.8 Å². The Balaban J connectivity index is 1.72. The van der Waals surface area contributed by atoms with E-state index >= 15 is 0 Å². The van der Waals surface area contributed by atoms with E-state index in [9.17, 15) is 14.7 Å². The fourth-order valence-electron chi connectivity index (χ4n) is 5.07. The lowest BCUT2D eigenvalue weighted by molar-refractivity contribution is -0.149. The Hall–Kier alpha value is -4.27. The summed E-state index contributed by atoms with van der Waals surface area (Å²) in [5.74, 6) is -1.48. The number of nitrogens with zero attached hydrogens (tertiary/aromatic N) is 3. The second-order valence-corrected chi connectivity index (χ2v) is 9.79. The monoisotopic (exact) mass is 542 g/mol. The van der Waals surface area contributed by atoms with Crippen LogP contribution in [0.15, 0.2) is 84.9 Å². The molecule has 1 aliphatic rings. The van der Waals surface area contributed by atoms with Crippen molar-refractivity contribution in [3.8, 4) is 6.01 Å². The summed E-state index contributed by atoms with van der Waals surface area (Å²) in [7, 11) is 0. The first kappa shape index (κ1) is 26.3. The number of carboxylic acids is 1. The lowest BCUT2D eigenvalue weighted by Crippen LogP contribution is -2.58. The van der Waals surface area contributed by atoms with Gasteiger partial charge in [0, 0.05) is 27.7 Å². The zero-order chi connectivity index (χ0) is 27.6. The Kier molecular flexibility index (Phi) is 7.32. The van der Waals surface area contributed by atoms with Gasteiger partial charge in [0.25, 0.3) is 0 Å². The number of aryl methyl sites for hydroxylation is 2. The molecule has 0 unspecified atom stereocenters. The van der Waals surface area contributed by atoms with E-state index < -0.39 is 17.6 Å². The van der Waals surface area contributed by atoms with E-state index in [2.05, 4.69) is 15.3 Å². The molecular weight excluding hydrogens is 516 g/mol. The zero-order valence-electron chi connectivity index (χ0n) is 21.5. The molecule has 3 aromatic carbocycles. The second-order valence-electron chi connectivity index (χ2n) is 9.39. The van der Waals surface area contributed by atoms with Crippen LogP contribution >= 0.6 is 11.6 Å². The summed E-state index contributed by atoms with van der Waals surface area (Å²) in [5.41, 5.74) is 2.30. The molecule has 9 heteroatoms. The summed E-state index contributed by atoms with van der Waals surface area (Å²) >= 11 is 6.45. The van der Waals surface area contributed by atoms with Gasteiger partial charge in [0.05, 0.1) is 13.1 Å². The Morgan fingerprint density at radius 3 is 2.36 bits per heavy atom. The number of rotatable bonds is 7. The Morgan fingerprint density at radius 2 is 1.67 bits per heavy atom. The van der Waals surface area contributed by atoms with Gasteiger partial charge in [0.1, 0.15) is 5.54 Å². The average Bonchev–Trinajstić information content (AvgIpc) is 3.04. The van der Waals surface area contributed by atoms with Crippen LogP contribution in [0.4, 0.5) is 5.69 Å². The summed E-state index contributed by atoms with van der Waals surface area (Å²) in [6.45, 7) is 3.62. The number of amides is 1. The average molecular weight is 543 g/mol. The third kappa shape index (κ3) is 5.08. The molecule has 0 fully saturated rings. The van der Waals surface area contributed by atoms with Crippen molar-refractivity contribution in [3.63, 3.8) is 0 Å². The predicted molar refractivity (Wildman–Crippen MR) is 148 cm³/mol. The molecule has 2 heterocycles. The van der Waals surface area contributed by atoms with Crippen LogP contribution in [0.2, 0.25) is 5.02 Å². The first-order valence-electron chi connectivity index (χ1n) is 12.4. The van der Waals surface area contributed by atoms with Crippen molar-refractivity contribution in [3.05, 3.63) is 118 Å². The standard InChI is InChI=1S/C30H27ClN4O4/c1-19-16-20(2)34-29(33-19)39-27(28(37)38)30(22-11-4-3-5-12-22)23-13-7-9-15-25(23)35(26(36)17-32-30)18-21-10-6-8-14-24(21)31/h3-16,27,32H,17-18H2,1-2H3,(H,37,38)/t27-,30+/m1/s1. The molecule has 4 aromatic rings. The number of halogens is 1. The van der Waals surface area contributed by atoms with E-state index in [1.54, 1.807) is 36.9 Å². The van der Waals surface area contributed by atoms with E-state index in [0.29, 0.717) is 33.2 Å². The number of benzene rings is 3. The molecule has 0 saturated heterocycles. The number of nitrogens with one attached hydrogen (secondary N) is 1. The number of hydrogen-bond donors (Lipinski definition) is 2. The lowest BCUT2D eigenvalue weighted by Gasteiger charge is -2.39. The van der Waals surface area contributed by atoms with Crippen LogP contribution in [0.3, 0.4) is 0 Å². The first-order valence-corrected chi connectivity index (χ1v) is 12.8. The molecule has 5 rings (SSSR count). The molecule has 0 bridgehead atoms. The molecule has 8 nitrogen and oxygen atoms in total. The van der Waals surface area contributed by atoms with Crippen LogP contribution in [0, 0.1) is 13.8 Å². The maximum atomic E-state index is 13.7. The Bertz CT molecular complexity index is 1510. The minimum absolute atomic E-state index is 0.0574. The van der Waals surface area contributed by atoms with Crippen molar-refractivity contribution in [2.45, 2.75) is 32.0 Å². The maximum absolute atomic E-state index is 13.7. The summed E-state index contributed by atoms with van der Waals surface area (Å²) in [4.78, 5) is 37.0. The van der Waals surface area contributed by atoms with Crippen LogP contribution in [-0.4, -0.2) is 39.6 Å². The molecule has 1 amide bonds. The first-order chi connectivity index (χ1) is 18.8. The molecular formula is C30H27ClN4O4. The number of hydrogen-bond acceptors (Lipinski definition) is 6. The third-order valence-corrected chi connectivity index (χ3v) is 7.13. The number of fused-ring (bicyclic) bond motifs is 1. The zero-order valence-corrected chi connectivity index (χ0v) is 22.2. The predicted octanol–water partition coefficient (Wildman–Crippen LogP) is 4.66. The topological polar surface area (TPSA) is 105 Å². The lowest BCUT2D eigenvalue weighted by atomic mass is 9.77. The number of anilines is 1. The Morgan fingerprint density at radius 1 is 1.03 bits per heavy atom. The van der Waals surface area contributed by atoms with Gasteiger partial charge in [-0.3, -0.25) is 10.1 Å². The number of ether oxygens (including phenoxy) is 1. The highest BCUT2D eigenvalue weighted by Gasteiger charge is 2.52. The SMILES string of the molecule is Cc1cc(C)nc(O[C@H](C(=O)O)[C@@]2(c3ccccc3)NCC(=O)N(Cc3ccccc3Cl)c3ccccc32)n1. The summed E-state index contributed by atoms with van der Waals surface area (Å²) in [6, 6.07) is 25.4. The van der Waals surface area contributed by atoms with Crippen molar-refractivity contribution in [1.82, 2.24) is 15.3 Å². The number of carbonyl (C=O) groups is 2. The van der Waals surface area contributed by atoms with E-state index in [-0.39, 0.29) is 25.0 Å². The molecule has 0 radical (unpaired) electrons. The smallest absolute Gasteiger partial charge is 0.347 e. The number of aliphatic carboxylic acids is 1.